The van der Waals surface area contributed by atoms with Gasteiger partial charge in [-0.2, -0.15) is 0 Å². The third-order valence-corrected chi connectivity index (χ3v) is 4.24. The molecule has 0 radical (unpaired) electrons. The van der Waals surface area contributed by atoms with Crippen LogP contribution in [-0.4, -0.2) is 21.8 Å². The Morgan fingerprint density at radius 1 is 0.793 bits per heavy atom. The van der Waals surface area contributed by atoms with Crippen LogP contribution in [0.4, 0.5) is 0 Å². The van der Waals surface area contributed by atoms with Crippen molar-refractivity contribution in [3.05, 3.63) is 72.9 Å². The van der Waals surface area contributed by atoms with Gasteiger partial charge >= 0.3 is 0 Å². The van der Waals surface area contributed by atoms with Gasteiger partial charge < -0.3 is 24.1 Å². The molecular formula is C23H19NO5. The summed E-state index contributed by atoms with van der Waals surface area (Å²) < 4.78 is 17.1. The van der Waals surface area contributed by atoms with Gasteiger partial charge in [-0.1, -0.05) is 0 Å². The molecule has 29 heavy (non-hydrogen) atoms. The fourth-order valence-corrected chi connectivity index (χ4v) is 2.79. The highest BCUT2D eigenvalue weighted by atomic mass is 16.5. The van der Waals surface area contributed by atoms with Crippen LogP contribution in [0.1, 0.15) is 6.92 Å². The van der Waals surface area contributed by atoms with Gasteiger partial charge in [-0.05, 0) is 73.7 Å². The highest BCUT2D eigenvalue weighted by Gasteiger charge is 2.11. The van der Waals surface area contributed by atoms with Crippen LogP contribution in [0.15, 0.2) is 77.3 Å². The molecule has 0 aliphatic carbocycles. The Labute approximate surface area is 167 Å². The number of rotatable bonds is 6. The number of ether oxygens (including phenoxy) is 2. The molecule has 0 atom stereocenters. The largest absolute Gasteiger partial charge is 0.504 e. The zero-order valence-electron chi connectivity index (χ0n) is 15.7. The predicted octanol–water partition coefficient (Wildman–Crippen LogP) is 5.61. The molecule has 0 saturated heterocycles. The first-order chi connectivity index (χ1) is 14.1. The van der Waals surface area contributed by atoms with Crippen molar-refractivity contribution in [1.29, 1.82) is 0 Å². The van der Waals surface area contributed by atoms with Gasteiger partial charge in [0.25, 0.3) is 0 Å². The number of oxazole rings is 1. The van der Waals surface area contributed by atoms with Gasteiger partial charge in [-0.25, -0.2) is 4.98 Å². The Hall–Kier alpha value is -3.93. The predicted molar refractivity (Wildman–Crippen MR) is 108 cm³/mol. The van der Waals surface area contributed by atoms with E-state index in [0.29, 0.717) is 29.6 Å². The molecule has 0 unspecified atom stereocenters. The Morgan fingerprint density at radius 3 is 2.07 bits per heavy atom. The third-order valence-electron chi connectivity index (χ3n) is 4.24. The summed E-state index contributed by atoms with van der Waals surface area (Å²) in [4.78, 5) is 4.24. The zero-order valence-corrected chi connectivity index (χ0v) is 15.7. The molecular weight excluding hydrogens is 370 g/mol. The van der Waals surface area contributed by atoms with Crippen molar-refractivity contribution < 1.29 is 24.1 Å². The topological polar surface area (TPSA) is 85.0 Å². The van der Waals surface area contributed by atoms with Gasteiger partial charge in [-0.15, -0.1) is 0 Å². The van der Waals surface area contributed by atoms with E-state index in [1.165, 1.54) is 12.1 Å². The van der Waals surface area contributed by atoms with Crippen molar-refractivity contribution in [2.24, 2.45) is 0 Å². The molecule has 6 nitrogen and oxygen atoms in total. The van der Waals surface area contributed by atoms with Crippen molar-refractivity contribution in [2.45, 2.75) is 6.92 Å². The summed E-state index contributed by atoms with van der Waals surface area (Å²) in [6, 6.07) is 19.3. The van der Waals surface area contributed by atoms with E-state index in [2.05, 4.69) is 4.98 Å². The van der Waals surface area contributed by atoms with E-state index in [1.807, 2.05) is 55.5 Å². The Kier molecular flexibility index (Phi) is 5.07. The Morgan fingerprint density at radius 2 is 1.41 bits per heavy atom. The lowest BCUT2D eigenvalue weighted by Gasteiger charge is -2.07. The Balaban J connectivity index is 1.48. The van der Waals surface area contributed by atoms with Crippen LogP contribution in [0.5, 0.6) is 28.7 Å². The monoisotopic (exact) mass is 389 g/mol. The highest BCUT2D eigenvalue weighted by molar-refractivity contribution is 5.63. The summed E-state index contributed by atoms with van der Waals surface area (Å²) >= 11 is 0. The SMILES string of the molecule is CCOc1ccc(Oc2ccc(-c3cnc(-c4ccc(O)c(O)c4)o3)cc2)cc1. The lowest BCUT2D eigenvalue weighted by Crippen LogP contribution is -1.91. The molecule has 2 N–H and O–H groups in total. The first kappa shape index (κ1) is 18.4. The van der Waals surface area contributed by atoms with E-state index in [-0.39, 0.29) is 11.5 Å². The van der Waals surface area contributed by atoms with Crippen LogP contribution in [0.25, 0.3) is 22.8 Å². The summed E-state index contributed by atoms with van der Waals surface area (Å²) in [5, 5.41) is 19.1. The van der Waals surface area contributed by atoms with Gasteiger partial charge in [0.15, 0.2) is 17.3 Å². The fraction of sp³-hybridized carbons (Fsp3) is 0.0870. The lowest BCUT2D eigenvalue weighted by molar-refractivity contribution is 0.339. The second-order valence-corrected chi connectivity index (χ2v) is 6.26. The van der Waals surface area contributed by atoms with Crippen LogP contribution in [0.3, 0.4) is 0 Å². The fourth-order valence-electron chi connectivity index (χ4n) is 2.79. The number of phenols is 2. The number of benzene rings is 3. The molecule has 0 spiro atoms. The molecule has 1 aromatic heterocycles. The van der Waals surface area contributed by atoms with E-state index >= 15 is 0 Å². The average Bonchev–Trinajstić information content (AvgIpc) is 3.22. The Bertz CT molecular complexity index is 1100. The quantitative estimate of drug-likeness (QED) is 0.417. The standard InChI is InChI=1S/C23H19NO5/c1-2-27-17-8-10-19(11-9-17)28-18-6-3-15(4-7-18)22-14-24-23(29-22)16-5-12-20(25)21(26)13-16/h3-14,25-26H,2H2,1H3. The molecule has 0 fully saturated rings. The van der Waals surface area contributed by atoms with Crippen molar-refractivity contribution in [2.75, 3.05) is 6.61 Å². The second kappa shape index (κ2) is 7.98. The lowest BCUT2D eigenvalue weighted by atomic mass is 10.2. The number of hydrogen-bond donors (Lipinski definition) is 2. The van der Waals surface area contributed by atoms with E-state index in [9.17, 15) is 10.2 Å². The molecule has 0 aliphatic heterocycles. The molecule has 146 valence electrons. The minimum Gasteiger partial charge on any atom is -0.504 e. The maximum atomic E-state index is 9.64. The molecule has 4 aromatic rings. The van der Waals surface area contributed by atoms with Gasteiger partial charge in [0.2, 0.25) is 5.89 Å². The smallest absolute Gasteiger partial charge is 0.226 e. The van der Waals surface area contributed by atoms with Crippen molar-refractivity contribution >= 4 is 0 Å². The van der Waals surface area contributed by atoms with Crippen LogP contribution < -0.4 is 9.47 Å². The maximum Gasteiger partial charge on any atom is 0.226 e. The minimum absolute atomic E-state index is 0.191. The van der Waals surface area contributed by atoms with E-state index < -0.39 is 0 Å². The summed E-state index contributed by atoms with van der Waals surface area (Å²) in [5.74, 6) is 2.74. The maximum absolute atomic E-state index is 9.64. The molecule has 3 aromatic carbocycles. The van der Waals surface area contributed by atoms with Gasteiger partial charge in [-0.3, -0.25) is 0 Å². The summed E-state index contributed by atoms with van der Waals surface area (Å²) in [6.45, 7) is 2.57. The first-order valence-electron chi connectivity index (χ1n) is 9.11. The molecule has 0 aliphatic rings. The normalized spacial score (nSPS) is 10.7. The van der Waals surface area contributed by atoms with Crippen LogP contribution in [0.2, 0.25) is 0 Å². The number of phenolic OH excluding ortho intramolecular Hbond substituents is 2. The molecule has 0 saturated carbocycles. The van der Waals surface area contributed by atoms with E-state index in [4.69, 9.17) is 13.9 Å². The van der Waals surface area contributed by atoms with E-state index in [1.54, 1.807) is 12.3 Å². The average molecular weight is 389 g/mol. The number of hydrogen-bond acceptors (Lipinski definition) is 6. The molecule has 0 amide bonds. The third kappa shape index (κ3) is 4.16. The molecule has 4 rings (SSSR count). The molecule has 6 heteroatoms. The van der Waals surface area contributed by atoms with Crippen molar-refractivity contribution in [3.8, 4) is 51.5 Å². The van der Waals surface area contributed by atoms with Gasteiger partial charge in [0.05, 0.1) is 12.8 Å². The van der Waals surface area contributed by atoms with Gasteiger partial charge in [0, 0.05) is 11.1 Å². The summed E-state index contributed by atoms with van der Waals surface area (Å²) in [5.41, 5.74) is 1.41. The summed E-state index contributed by atoms with van der Waals surface area (Å²) in [6.07, 6.45) is 1.61. The van der Waals surface area contributed by atoms with Crippen LogP contribution >= 0.6 is 0 Å². The second-order valence-electron chi connectivity index (χ2n) is 6.26. The number of nitrogens with zero attached hydrogens (tertiary/aromatic N) is 1. The van der Waals surface area contributed by atoms with Crippen LogP contribution in [0, 0.1) is 0 Å². The molecule has 1 heterocycles. The minimum atomic E-state index is -0.224. The zero-order chi connectivity index (χ0) is 20.2. The van der Waals surface area contributed by atoms with E-state index in [0.717, 1.165) is 17.1 Å². The number of aromatic nitrogens is 1. The van der Waals surface area contributed by atoms with Crippen molar-refractivity contribution in [1.82, 2.24) is 4.98 Å². The highest BCUT2D eigenvalue weighted by Crippen LogP contribution is 2.33. The number of aromatic hydroxyl groups is 2. The molecule has 0 bridgehead atoms. The first-order valence-corrected chi connectivity index (χ1v) is 9.11. The van der Waals surface area contributed by atoms with Gasteiger partial charge in [0.1, 0.15) is 17.2 Å². The van der Waals surface area contributed by atoms with Crippen molar-refractivity contribution in [3.63, 3.8) is 0 Å². The van der Waals surface area contributed by atoms with Crippen LogP contribution in [-0.2, 0) is 0 Å². The summed E-state index contributed by atoms with van der Waals surface area (Å²) in [7, 11) is 0.